The summed E-state index contributed by atoms with van der Waals surface area (Å²) in [4.78, 5) is 13.6. The van der Waals surface area contributed by atoms with E-state index in [0.717, 1.165) is 10.6 Å². The molecule has 0 spiro atoms. The lowest BCUT2D eigenvalue weighted by molar-refractivity contribution is -0.118. The number of rotatable bonds is 4. The second-order valence-electron chi connectivity index (χ2n) is 4.85. The molecule has 1 amide bonds. The number of nitrogens with zero attached hydrogens (tertiary/aromatic N) is 1. The third-order valence-corrected chi connectivity index (χ3v) is 3.59. The first-order valence-electron chi connectivity index (χ1n) is 5.41. The largest absolute Gasteiger partial charge is 0.326 e. The van der Waals surface area contributed by atoms with Crippen molar-refractivity contribution in [2.75, 3.05) is 11.9 Å². The first kappa shape index (κ1) is 13.2. The molecule has 0 radical (unpaired) electrons. The van der Waals surface area contributed by atoms with Crippen LogP contribution >= 0.6 is 11.3 Å². The number of hydrogen-bond donors (Lipinski definition) is 1. The molecule has 0 bridgehead atoms. The lowest BCUT2D eigenvalue weighted by Gasteiger charge is -2.21. The molecule has 1 aromatic rings. The van der Waals surface area contributed by atoms with Crippen LogP contribution < -0.4 is 10.6 Å². The summed E-state index contributed by atoms with van der Waals surface area (Å²) in [5.41, 5.74) is 6.73. The minimum atomic E-state index is -0.277. The number of hydrogen-bond acceptors (Lipinski definition) is 3. The molecule has 0 fully saturated rings. The molecular weight excluding hydrogens is 220 g/mol. The lowest BCUT2D eigenvalue weighted by Crippen LogP contribution is -2.35. The molecule has 1 rings (SSSR count). The van der Waals surface area contributed by atoms with Gasteiger partial charge in [0.15, 0.2) is 0 Å². The Morgan fingerprint density at radius 2 is 2.19 bits per heavy atom. The highest BCUT2D eigenvalue weighted by Crippen LogP contribution is 2.26. The van der Waals surface area contributed by atoms with Crippen molar-refractivity contribution >= 4 is 22.2 Å². The SMILES string of the molecule is Cc1ccsc1N(C)C(=O)CCC(C)(C)N. The van der Waals surface area contributed by atoms with E-state index in [1.54, 1.807) is 16.2 Å². The van der Waals surface area contributed by atoms with Gasteiger partial charge in [-0.05, 0) is 44.2 Å². The molecule has 90 valence electrons. The van der Waals surface area contributed by atoms with E-state index in [0.29, 0.717) is 12.8 Å². The molecule has 0 aromatic carbocycles. The highest BCUT2D eigenvalue weighted by molar-refractivity contribution is 7.14. The first-order valence-corrected chi connectivity index (χ1v) is 6.29. The zero-order valence-corrected chi connectivity index (χ0v) is 11.2. The first-order chi connectivity index (χ1) is 7.31. The highest BCUT2D eigenvalue weighted by atomic mass is 32.1. The Labute approximate surface area is 101 Å². The number of aryl methyl sites for hydroxylation is 1. The molecule has 0 atom stereocenters. The second-order valence-corrected chi connectivity index (χ2v) is 5.74. The topological polar surface area (TPSA) is 46.3 Å². The minimum absolute atomic E-state index is 0.129. The van der Waals surface area contributed by atoms with Crippen LogP contribution in [0.2, 0.25) is 0 Å². The molecule has 1 heterocycles. The minimum Gasteiger partial charge on any atom is -0.326 e. The predicted octanol–water partition coefficient (Wildman–Crippen LogP) is 2.54. The highest BCUT2D eigenvalue weighted by Gasteiger charge is 2.18. The van der Waals surface area contributed by atoms with E-state index in [9.17, 15) is 4.79 Å². The summed E-state index contributed by atoms with van der Waals surface area (Å²) in [6.07, 6.45) is 1.21. The Bertz CT molecular complexity index is 365. The van der Waals surface area contributed by atoms with Gasteiger partial charge in [-0.25, -0.2) is 0 Å². The Morgan fingerprint density at radius 1 is 1.56 bits per heavy atom. The quantitative estimate of drug-likeness (QED) is 0.879. The van der Waals surface area contributed by atoms with Crippen LogP contribution in [0.15, 0.2) is 11.4 Å². The van der Waals surface area contributed by atoms with Gasteiger partial charge < -0.3 is 10.6 Å². The zero-order chi connectivity index (χ0) is 12.3. The van der Waals surface area contributed by atoms with Crippen LogP contribution in [-0.2, 0) is 4.79 Å². The number of thiophene rings is 1. The van der Waals surface area contributed by atoms with Crippen LogP contribution in [0.3, 0.4) is 0 Å². The maximum Gasteiger partial charge on any atom is 0.227 e. The van der Waals surface area contributed by atoms with Crippen LogP contribution in [0.5, 0.6) is 0 Å². The molecule has 0 unspecified atom stereocenters. The van der Waals surface area contributed by atoms with Crippen molar-refractivity contribution in [1.82, 2.24) is 0 Å². The predicted molar refractivity (Wildman–Crippen MR) is 70.0 cm³/mol. The van der Waals surface area contributed by atoms with Gasteiger partial charge in [0.25, 0.3) is 0 Å². The van der Waals surface area contributed by atoms with Gasteiger partial charge in [0.1, 0.15) is 5.00 Å². The van der Waals surface area contributed by atoms with E-state index < -0.39 is 0 Å². The van der Waals surface area contributed by atoms with Crippen molar-refractivity contribution in [3.63, 3.8) is 0 Å². The molecule has 0 saturated heterocycles. The van der Waals surface area contributed by atoms with E-state index in [1.165, 1.54) is 0 Å². The van der Waals surface area contributed by atoms with Crippen molar-refractivity contribution in [3.05, 3.63) is 17.0 Å². The van der Waals surface area contributed by atoms with Gasteiger partial charge in [-0.2, -0.15) is 0 Å². The molecule has 2 N–H and O–H groups in total. The van der Waals surface area contributed by atoms with Crippen molar-refractivity contribution in [2.45, 2.75) is 39.2 Å². The summed E-state index contributed by atoms with van der Waals surface area (Å²) >= 11 is 1.59. The van der Waals surface area contributed by atoms with E-state index in [2.05, 4.69) is 0 Å². The molecule has 3 nitrogen and oxygen atoms in total. The normalized spacial score (nSPS) is 11.6. The maximum atomic E-state index is 11.9. The van der Waals surface area contributed by atoms with Gasteiger partial charge in [-0.15, -0.1) is 11.3 Å². The number of carbonyl (C=O) groups is 1. The monoisotopic (exact) mass is 240 g/mol. The van der Waals surface area contributed by atoms with Gasteiger partial charge in [0.05, 0.1) is 0 Å². The van der Waals surface area contributed by atoms with Gasteiger partial charge >= 0.3 is 0 Å². The maximum absolute atomic E-state index is 11.9. The fourth-order valence-corrected chi connectivity index (χ4v) is 2.33. The number of carbonyl (C=O) groups excluding carboxylic acids is 1. The number of nitrogens with two attached hydrogens (primary N) is 1. The Hall–Kier alpha value is -0.870. The van der Waals surface area contributed by atoms with E-state index in [1.807, 2.05) is 39.3 Å². The van der Waals surface area contributed by atoms with Crippen LogP contribution in [0.1, 0.15) is 32.3 Å². The van der Waals surface area contributed by atoms with Gasteiger partial charge in [-0.3, -0.25) is 4.79 Å². The molecule has 0 aliphatic heterocycles. The molecule has 1 aromatic heterocycles. The van der Waals surface area contributed by atoms with Gasteiger partial charge in [0.2, 0.25) is 5.91 Å². The fraction of sp³-hybridized carbons (Fsp3) is 0.583. The standard InChI is InChI=1S/C12H20N2OS/c1-9-6-8-16-11(9)14(4)10(15)5-7-12(2,3)13/h6,8H,5,7,13H2,1-4H3. The van der Waals surface area contributed by atoms with E-state index in [4.69, 9.17) is 5.73 Å². The van der Waals surface area contributed by atoms with E-state index >= 15 is 0 Å². The number of anilines is 1. The van der Waals surface area contributed by atoms with Crippen molar-refractivity contribution < 1.29 is 4.79 Å². The summed E-state index contributed by atoms with van der Waals surface area (Å²) in [5.74, 6) is 0.129. The third kappa shape index (κ3) is 3.61. The lowest BCUT2D eigenvalue weighted by atomic mass is 10.00. The fourth-order valence-electron chi connectivity index (χ4n) is 1.42. The van der Waals surface area contributed by atoms with Crippen LogP contribution in [0.25, 0.3) is 0 Å². The summed E-state index contributed by atoms with van der Waals surface area (Å²) in [6, 6.07) is 2.02. The van der Waals surface area contributed by atoms with Crippen LogP contribution in [0, 0.1) is 6.92 Å². The van der Waals surface area contributed by atoms with Gasteiger partial charge in [-0.1, -0.05) is 0 Å². The van der Waals surface area contributed by atoms with Crippen molar-refractivity contribution in [3.8, 4) is 0 Å². The van der Waals surface area contributed by atoms with Crippen LogP contribution in [0.4, 0.5) is 5.00 Å². The molecule has 0 aliphatic rings. The molecule has 0 aliphatic carbocycles. The average molecular weight is 240 g/mol. The van der Waals surface area contributed by atoms with Crippen molar-refractivity contribution in [1.29, 1.82) is 0 Å². The Balaban J connectivity index is 2.59. The van der Waals surface area contributed by atoms with Crippen molar-refractivity contribution in [2.24, 2.45) is 5.73 Å². The van der Waals surface area contributed by atoms with Crippen LogP contribution in [-0.4, -0.2) is 18.5 Å². The summed E-state index contributed by atoms with van der Waals surface area (Å²) in [6.45, 7) is 5.90. The smallest absolute Gasteiger partial charge is 0.227 e. The van der Waals surface area contributed by atoms with E-state index in [-0.39, 0.29) is 11.4 Å². The summed E-state index contributed by atoms with van der Waals surface area (Å²) in [5, 5.41) is 3.03. The molecular formula is C12H20N2OS. The molecule has 0 saturated carbocycles. The molecule has 16 heavy (non-hydrogen) atoms. The third-order valence-electron chi connectivity index (χ3n) is 2.50. The number of amides is 1. The Kier molecular flexibility index (Phi) is 4.10. The summed E-state index contributed by atoms with van der Waals surface area (Å²) in [7, 11) is 1.82. The second kappa shape index (κ2) is 4.97. The summed E-state index contributed by atoms with van der Waals surface area (Å²) < 4.78 is 0. The Morgan fingerprint density at radius 3 is 2.62 bits per heavy atom. The zero-order valence-electron chi connectivity index (χ0n) is 10.4. The van der Waals surface area contributed by atoms with Gasteiger partial charge in [0, 0.05) is 19.0 Å². The molecule has 4 heteroatoms. The average Bonchev–Trinajstić information content (AvgIpc) is 2.58.